The molecule has 5 rings (SSSR count). The minimum Gasteiger partial charge on any atom is -0.354 e. The molecule has 0 radical (unpaired) electrons. The molecule has 0 saturated heterocycles. The van der Waals surface area contributed by atoms with Gasteiger partial charge in [-0.2, -0.15) is 0 Å². The molecule has 0 aliphatic heterocycles. The van der Waals surface area contributed by atoms with Crippen molar-refractivity contribution in [2.75, 3.05) is 13.1 Å². The van der Waals surface area contributed by atoms with Crippen molar-refractivity contribution >= 4 is 11.8 Å². The molecule has 5 fully saturated rings. The van der Waals surface area contributed by atoms with E-state index in [4.69, 9.17) is 0 Å². The number of hydrogen-bond acceptors (Lipinski definition) is 2. The lowest BCUT2D eigenvalue weighted by molar-refractivity contribution is -0.146. The van der Waals surface area contributed by atoms with Crippen molar-refractivity contribution in [2.45, 2.75) is 83.5 Å². The molecule has 5 aliphatic rings. The van der Waals surface area contributed by atoms with E-state index in [2.05, 4.69) is 10.6 Å². The van der Waals surface area contributed by atoms with Gasteiger partial charge in [-0.25, -0.2) is 0 Å². The number of carbonyl (C=O) groups is 2. The van der Waals surface area contributed by atoms with Crippen LogP contribution in [-0.4, -0.2) is 24.9 Å². The van der Waals surface area contributed by atoms with E-state index >= 15 is 0 Å². The van der Waals surface area contributed by atoms with Crippen LogP contribution in [0.25, 0.3) is 0 Å². The van der Waals surface area contributed by atoms with Crippen molar-refractivity contribution in [3.63, 3.8) is 0 Å². The zero-order valence-corrected chi connectivity index (χ0v) is 16.2. The first-order valence-corrected chi connectivity index (χ1v) is 11.2. The Kier molecular flexibility index (Phi) is 5.56. The highest BCUT2D eigenvalue weighted by molar-refractivity contribution is 5.83. The average molecular weight is 361 g/mol. The average Bonchev–Trinajstić information content (AvgIpc) is 2.63. The molecule has 0 heterocycles. The van der Waals surface area contributed by atoms with Gasteiger partial charge in [0.15, 0.2) is 0 Å². The third-order valence-electron chi connectivity index (χ3n) is 7.76. The van der Waals surface area contributed by atoms with Crippen LogP contribution in [0.3, 0.4) is 0 Å². The molecule has 0 atom stereocenters. The Hall–Kier alpha value is -1.06. The Morgan fingerprint density at radius 3 is 2.00 bits per heavy atom. The molecule has 4 bridgehead atoms. The zero-order valence-electron chi connectivity index (χ0n) is 16.2. The molecule has 26 heavy (non-hydrogen) atoms. The van der Waals surface area contributed by atoms with Crippen molar-refractivity contribution < 1.29 is 9.59 Å². The summed E-state index contributed by atoms with van der Waals surface area (Å²) in [6.07, 6.45) is 15.7. The number of rotatable bonds is 7. The van der Waals surface area contributed by atoms with Gasteiger partial charge in [0, 0.05) is 24.9 Å². The molecule has 0 spiro atoms. The summed E-state index contributed by atoms with van der Waals surface area (Å²) >= 11 is 0. The standard InChI is InChI=1S/C22H36N2O2/c25-20(7-6-16-4-2-1-3-5-16)23-8-9-24-21(26)22-13-17-10-18(14-22)12-19(11-17)15-22/h16-19H,1-15H2,(H,23,25)(H,24,26). The van der Waals surface area contributed by atoms with E-state index in [0.29, 0.717) is 19.5 Å². The molecule has 5 saturated carbocycles. The summed E-state index contributed by atoms with van der Waals surface area (Å²) in [5.41, 5.74) is -0.0697. The molecule has 4 heteroatoms. The van der Waals surface area contributed by atoms with Gasteiger partial charge in [-0.3, -0.25) is 9.59 Å². The Morgan fingerprint density at radius 1 is 0.808 bits per heavy atom. The van der Waals surface area contributed by atoms with Gasteiger partial charge in [0.1, 0.15) is 0 Å². The lowest BCUT2D eigenvalue weighted by Crippen LogP contribution is -2.54. The van der Waals surface area contributed by atoms with E-state index in [-0.39, 0.29) is 17.2 Å². The van der Waals surface area contributed by atoms with Gasteiger partial charge < -0.3 is 10.6 Å². The summed E-state index contributed by atoms with van der Waals surface area (Å²) in [7, 11) is 0. The van der Waals surface area contributed by atoms with E-state index in [1.165, 1.54) is 51.4 Å². The zero-order chi connectivity index (χ0) is 18.0. The first-order chi connectivity index (χ1) is 12.6. The molecule has 0 unspecified atom stereocenters. The van der Waals surface area contributed by atoms with Crippen molar-refractivity contribution in [3.8, 4) is 0 Å². The van der Waals surface area contributed by atoms with Gasteiger partial charge >= 0.3 is 0 Å². The molecule has 4 nitrogen and oxygen atoms in total. The van der Waals surface area contributed by atoms with E-state index in [0.717, 1.165) is 49.4 Å². The lowest BCUT2D eigenvalue weighted by atomic mass is 9.49. The Labute approximate surface area is 158 Å². The molecular formula is C22H36N2O2. The molecule has 0 aromatic heterocycles. The minimum absolute atomic E-state index is 0.0697. The highest BCUT2D eigenvalue weighted by Gasteiger charge is 2.54. The third-order valence-corrected chi connectivity index (χ3v) is 7.76. The van der Waals surface area contributed by atoms with Gasteiger partial charge in [0.2, 0.25) is 11.8 Å². The Bertz CT molecular complexity index is 489. The summed E-state index contributed by atoms with van der Waals surface area (Å²) in [6, 6.07) is 0. The van der Waals surface area contributed by atoms with Crippen molar-refractivity contribution in [1.82, 2.24) is 10.6 Å². The van der Waals surface area contributed by atoms with Crippen LogP contribution in [0.15, 0.2) is 0 Å². The maximum absolute atomic E-state index is 12.8. The SMILES string of the molecule is O=C(CCC1CCCCC1)NCCNC(=O)C12CC3CC(CC(C3)C1)C2. The van der Waals surface area contributed by atoms with Crippen LogP contribution >= 0.6 is 0 Å². The fraction of sp³-hybridized carbons (Fsp3) is 0.909. The first-order valence-electron chi connectivity index (χ1n) is 11.2. The second-order valence-corrected chi connectivity index (χ2v) is 9.85. The van der Waals surface area contributed by atoms with Crippen LogP contribution in [0.4, 0.5) is 0 Å². The predicted octanol–water partition coefficient (Wildman–Crippen LogP) is 3.80. The summed E-state index contributed by atoms with van der Waals surface area (Å²) in [6.45, 7) is 1.15. The fourth-order valence-electron chi connectivity index (χ4n) is 6.85. The number of carbonyl (C=O) groups excluding carboxylic acids is 2. The third kappa shape index (κ3) is 4.09. The van der Waals surface area contributed by atoms with Gasteiger partial charge in [-0.1, -0.05) is 32.1 Å². The van der Waals surface area contributed by atoms with Crippen LogP contribution < -0.4 is 10.6 Å². The minimum atomic E-state index is -0.0697. The molecule has 2 amide bonds. The highest BCUT2D eigenvalue weighted by Crippen LogP contribution is 2.60. The largest absolute Gasteiger partial charge is 0.354 e. The number of hydrogen-bond donors (Lipinski definition) is 2. The van der Waals surface area contributed by atoms with Crippen molar-refractivity contribution in [2.24, 2.45) is 29.1 Å². The van der Waals surface area contributed by atoms with Crippen LogP contribution in [0.1, 0.15) is 83.5 Å². The van der Waals surface area contributed by atoms with Gasteiger partial charge in [0.05, 0.1) is 0 Å². The number of nitrogens with one attached hydrogen (secondary N) is 2. The normalized spacial score (nSPS) is 36.1. The molecule has 0 aromatic carbocycles. The van der Waals surface area contributed by atoms with Gasteiger partial charge in [-0.05, 0) is 68.6 Å². The van der Waals surface area contributed by atoms with E-state index in [1.54, 1.807) is 0 Å². The first kappa shape index (κ1) is 18.3. The molecule has 2 N–H and O–H groups in total. The van der Waals surface area contributed by atoms with E-state index in [9.17, 15) is 9.59 Å². The van der Waals surface area contributed by atoms with Gasteiger partial charge in [-0.15, -0.1) is 0 Å². The van der Waals surface area contributed by atoms with Crippen LogP contribution in [-0.2, 0) is 9.59 Å². The maximum atomic E-state index is 12.8. The lowest BCUT2D eigenvalue weighted by Gasteiger charge is -2.55. The van der Waals surface area contributed by atoms with E-state index < -0.39 is 0 Å². The summed E-state index contributed by atoms with van der Waals surface area (Å²) in [5, 5.41) is 6.14. The monoisotopic (exact) mass is 360 g/mol. The molecular weight excluding hydrogens is 324 g/mol. The second-order valence-electron chi connectivity index (χ2n) is 9.85. The molecule has 0 aromatic rings. The van der Waals surface area contributed by atoms with Gasteiger partial charge in [0.25, 0.3) is 0 Å². The summed E-state index contributed by atoms with van der Waals surface area (Å²) < 4.78 is 0. The highest BCUT2D eigenvalue weighted by atomic mass is 16.2. The number of amides is 2. The molecule has 146 valence electrons. The predicted molar refractivity (Wildman–Crippen MR) is 102 cm³/mol. The van der Waals surface area contributed by atoms with E-state index in [1.807, 2.05) is 0 Å². The summed E-state index contributed by atoms with van der Waals surface area (Å²) in [4.78, 5) is 24.9. The summed E-state index contributed by atoms with van der Waals surface area (Å²) in [5.74, 6) is 3.57. The Morgan fingerprint density at radius 2 is 1.38 bits per heavy atom. The maximum Gasteiger partial charge on any atom is 0.226 e. The topological polar surface area (TPSA) is 58.2 Å². The van der Waals surface area contributed by atoms with Crippen molar-refractivity contribution in [3.05, 3.63) is 0 Å². The second kappa shape index (κ2) is 7.90. The van der Waals surface area contributed by atoms with Crippen LogP contribution in [0, 0.1) is 29.1 Å². The Balaban J connectivity index is 1.14. The smallest absolute Gasteiger partial charge is 0.226 e. The molecule has 5 aliphatic carbocycles. The van der Waals surface area contributed by atoms with Crippen LogP contribution in [0.5, 0.6) is 0 Å². The van der Waals surface area contributed by atoms with Crippen molar-refractivity contribution in [1.29, 1.82) is 0 Å². The van der Waals surface area contributed by atoms with Crippen LogP contribution in [0.2, 0.25) is 0 Å². The fourth-order valence-corrected chi connectivity index (χ4v) is 6.85. The quantitative estimate of drug-likeness (QED) is 0.679.